The van der Waals surface area contributed by atoms with E-state index in [1.165, 1.54) is 11.1 Å². The van der Waals surface area contributed by atoms with Crippen molar-refractivity contribution in [2.24, 2.45) is 5.41 Å². The number of rotatable bonds is 5. The number of benzene rings is 1. The Balaban J connectivity index is 1.63. The zero-order valence-electron chi connectivity index (χ0n) is 15.6. The number of carboxylic acid groups (broad SMARTS) is 1. The summed E-state index contributed by atoms with van der Waals surface area (Å²) in [6.07, 6.45) is 2.44. The molecule has 0 spiro atoms. The van der Waals surface area contributed by atoms with Crippen LogP contribution in [0, 0.1) is 5.41 Å². The first kappa shape index (κ1) is 18.9. The number of hydrogen-bond acceptors (Lipinski definition) is 4. The minimum Gasteiger partial charge on any atom is -0.480 e. The smallest absolute Gasteiger partial charge is 0.317 e. The van der Waals surface area contributed by atoms with Crippen LogP contribution in [-0.2, 0) is 27.2 Å². The number of amides is 1. The monoisotopic (exact) mass is 360 g/mol. The van der Waals surface area contributed by atoms with E-state index in [9.17, 15) is 9.59 Å². The minimum atomic E-state index is -0.857. The van der Waals surface area contributed by atoms with Crippen LogP contribution in [0.15, 0.2) is 24.3 Å². The number of likely N-dealkylation sites (N-methyl/N-ethyl adjacent to an activating group) is 1. The van der Waals surface area contributed by atoms with E-state index >= 15 is 0 Å². The van der Waals surface area contributed by atoms with Crippen molar-refractivity contribution in [2.45, 2.75) is 32.3 Å². The highest BCUT2D eigenvalue weighted by atomic mass is 16.5. The molecular formula is C20H28N2O4. The van der Waals surface area contributed by atoms with Gasteiger partial charge in [-0.25, -0.2) is 0 Å². The maximum absolute atomic E-state index is 13.3. The van der Waals surface area contributed by atoms with Crippen molar-refractivity contribution >= 4 is 11.9 Å². The molecule has 0 aromatic heterocycles. The van der Waals surface area contributed by atoms with Crippen molar-refractivity contribution in [3.05, 3.63) is 35.4 Å². The molecule has 6 nitrogen and oxygen atoms in total. The van der Waals surface area contributed by atoms with E-state index in [2.05, 4.69) is 25.1 Å². The van der Waals surface area contributed by atoms with Crippen molar-refractivity contribution in [1.29, 1.82) is 0 Å². The maximum atomic E-state index is 13.3. The molecule has 1 amide bonds. The molecule has 6 heteroatoms. The fourth-order valence-electron chi connectivity index (χ4n) is 4.11. The van der Waals surface area contributed by atoms with E-state index in [-0.39, 0.29) is 24.0 Å². The van der Waals surface area contributed by atoms with Crippen LogP contribution in [0.25, 0.3) is 0 Å². The SMILES string of the molecule is CN(CC(=O)O)CC1CN(C(=O)C2(C)CCc3ccccc3C2)CCO1. The topological polar surface area (TPSA) is 70.1 Å². The number of carbonyl (C=O) groups excluding carboxylic acids is 1. The average molecular weight is 360 g/mol. The molecule has 1 saturated heterocycles. The molecule has 0 radical (unpaired) electrons. The minimum absolute atomic E-state index is 0.0255. The highest BCUT2D eigenvalue weighted by molar-refractivity contribution is 5.83. The molecule has 1 aliphatic carbocycles. The third-order valence-corrected chi connectivity index (χ3v) is 5.51. The molecule has 1 heterocycles. The standard InChI is InChI=1S/C20H28N2O4/c1-20(8-7-15-5-3-4-6-16(15)11-20)19(25)22-9-10-26-17(13-22)12-21(2)14-18(23)24/h3-6,17H,7-14H2,1-2H3,(H,23,24). The van der Waals surface area contributed by atoms with Gasteiger partial charge in [0.2, 0.25) is 5.91 Å². The van der Waals surface area contributed by atoms with E-state index in [1.807, 2.05) is 11.0 Å². The lowest BCUT2D eigenvalue weighted by Gasteiger charge is -2.41. The fourth-order valence-corrected chi connectivity index (χ4v) is 4.11. The number of nitrogens with zero attached hydrogens (tertiary/aromatic N) is 2. The second-order valence-electron chi connectivity index (χ2n) is 7.84. The molecule has 1 N–H and O–H groups in total. The number of carbonyl (C=O) groups is 2. The van der Waals surface area contributed by atoms with Gasteiger partial charge < -0.3 is 14.7 Å². The molecule has 0 bridgehead atoms. The largest absolute Gasteiger partial charge is 0.480 e. The first-order valence-electron chi connectivity index (χ1n) is 9.25. The molecular weight excluding hydrogens is 332 g/mol. The Hall–Kier alpha value is -1.92. The Morgan fingerprint density at radius 1 is 1.35 bits per heavy atom. The zero-order chi connectivity index (χ0) is 18.7. The second kappa shape index (κ2) is 7.76. The Labute approximate surface area is 154 Å². The van der Waals surface area contributed by atoms with Crippen molar-refractivity contribution in [2.75, 3.05) is 39.8 Å². The highest BCUT2D eigenvalue weighted by Crippen LogP contribution is 2.37. The Morgan fingerprint density at radius 2 is 2.08 bits per heavy atom. The highest BCUT2D eigenvalue weighted by Gasteiger charge is 2.40. The second-order valence-corrected chi connectivity index (χ2v) is 7.84. The summed E-state index contributed by atoms with van der Waals surface area (Å²) in [7, 11) is 1.76. The lowest BCUT2D eigenvalue weighted by atomic mass is 9.72. The summed E-state index contributed by atoms with van der Waals surface area (Å²) in [5.74, 6) is -0.661. The van der Waals surface area contributed by atoms with E-state index < -0.39 is 5.97 Å². The molecule has 3 rings (SSSR count). The quantitative estimate of drug-likeness (QED) is 0.860. The van der Waals surface area contributed by atoms with Crippen LogP contribution in [0.4, 0.5) is 0 Å². The number of carboxylic acids is 1. The summed E-state index contributed by atoms with van der Waals surface area (Å²) in [6, 6.07) is 8.38. The molecule has 2 unspecified atom stereocenters. The van der Waals surface area contributed by atoms with E-state index in [4.69, 9.17) is 9.84 Å². The number of morpholine rings is 1. The molecule has 142 valence electrons. The van der Waals surface area contributed by atoms with Crippen LogP contribution in [0.3, 0.4) is 0 Å². The van der Waals surface area contributed by atoms with E-state index in [0.29, 0.717) is 26.2 Å². The summed E-state index contributed by atoms with van der Waals surface area (Å²) in [4.78, 5) is 27.7. The third-order valence-electron chi connectivity index (χ3n) is 5.51. The van der Waals surface area contributed by atoms with Crippen LogP contribution < -0.4 is 0 Å². The molecule has 1 fully saturated rings. The van der Waals surface area contributed by atoms with Gasteiger partial charge in [-0.3, -0.25) is 14.5 Å². The maximum Gasteiger partial charge on any atom is 0.317 e. The van der Waals surface area contributed by atoms with Crippen LogP contribution in [0.2, 0.25) is 0 Å². The van der Waals surface area contributed by atoms with Gasteiger partial charge in [0.25, 0.3) is 0 Å². The normalized spacial score (nSPS) is 25.8. The van der Waals surface area contributed by atoms with Crippen LogP contribution >= 0.6 is 0 Å². The van der Waals surface area contributed by atoms with Gasteiger partial charge in [0, 0.05) is 19.6 Å². The van der Waals surface area contributed by atoms with Crippen LogP contribution in [0.1, 0.15) is 24.5 Å². The number of hydrogen-bond donors (Lipinski definition) is 1. The first-order chi connectivity index (χ1) is 12.4. The number of ether oxygens (including phenoxy) is 1. The third kappa shape index (κ3) is 4.24. The number of fused-ring (bicyclic) bond motifs is 1. The van der Waals surface area contributed by atoms with E-state index in [1.54, 1.807) is 11.9 Å². The van der Waals surface area contributed by atoms with Crippen molar-refractivity contribution in [1.82, 2.24) is 9.80 Å². The van der Waals surface area contributed by atoms with Gasteiger partial charge >= 0.3 is 5.97 Å². The lowest BCUT2D eigenvalue weighted by molar-refractivity contribution is -0.151. The molecule has 1 aromatic carbocycles. The average Bonchev–Trinajstić information content (AvgIpc) is 2.60. The zero-order valence-corrected chi connectivity index (χ0v) is 15.6. The van der Waals surface area contributed by atoms with Crippen LogP contribution in [0.5, 0.6) is 0 Å². The van der Waals surface area contributed by atoms with Crippen molar-refractivity contribution < 1.29 is 19.4 Å². The van der Waals surface area contributed by atoms with E-state index in [0.717, 1.165) is 19.3 Å². The fraction of sp³-hybridized carbons (Fsp3) is 0.600. The Bertz CT molecular complexity index is 678. The van der Waals surface area contributed by atoms with Crippen LogP contribution in [-0.4, -0.2) is 72.7 Å². The van der Waals surface area contributed by atoms with Gasteiger partial charge in [-0.15, -0.1) is 0 Å². The molecule has 1 aliphatic heterocycles. The van der Waals surface area contributed by atoms with Crippen molar-refractivity contribution in [3.8, 4) is 0 Å². The molecule has 26 heavy (non-hydrogen) atoms. The summed E-state index contributed by atoms with van der Waals surface area (Å²) in [6.45, 7) is 4.20. The van der Waals surface area contributed by atoms with Gasteiger partial charge in [-0.2, -0.15) is 0 Å². The summed E-state index contributed by atoms with van der Waals surface area (Å²) in [5.41, 5.74) is 2.26. The molecule has 2 aliphatic rings. The predicted molar refractivity (Wildman–Crippen MR) is 98.0 cm³/mol. The first-order valence-corrected chi connectivity index (χ1v) is 9.25. The molecule has 1 aromatic rings. The lowest BCUT2D eigenvalue weighted by Crippen LogP contribution is -2.54. The Kier molecular flexibility index (Phi) is 5.63. The number of aryl methyl sites for hydroxylation is 1. The van der Waals surface area contributed by atoms with Gasteiger partial charge in [-0.05, 0) is 37.4 Å². The Morgan fingerprint density at radius 3 is 2.81 bits per heavy atom. The summed E-state index contributed by atoms with van der Waals surface area (Å²) in [5, 5.41) is 8.89. The van der Waals surface area contributed by atoms with Crippen molar-refractivity contribution in [3.63, 3.8) is 0 Å². The summed E-state index contributed by atoms with van der Waals surface area (Å²) < 4.78 is 5.76. The molecule has 2 atom stereocenters. The predicted octanol–water partition coefficient (Wildman–Crippen LogP) is 1.43. The van der Waals surface area contributed by atoms with Gasteiger partial charge in [0.15, 0.2) is 0 Å². The summed E-state index contributed by atoms with van der Waals surface area (Å²) >= 11 is 0. The van der Waals surface area contributed by atoms with Gasteiger partial charge in [-0.1, -0.05) is 31.2 Å². The van der Waals surface area contributed by atoms with Gasteiger partial charge in [0.05, 0.1) is 24.7 Å². The number of aliphatic carboxylic acids is 1. The molecule has 0 saturated carbocycles. The van der Waals surface area contributed by atoms with Gasteiger partial charge in [0.1, 0.15) is 0 Å².